The summed E-state index contributed by atoms with van der Waals surface area (Å²) in [6.45, 7) is 0.0828. The Kier molecular flexibility index (Phi) is 3.99. The van der Waals surface area contributed by atoms with Gasteiger partial charge in [0.15, 0.2) is 0 Å². The molecule has 0 saturated carbocycles. The average molecular weight is 253 g/mol. The van der Waals surface area contributed by atoms with Crippen molar-refractivity contribution in [2.75, 3.05) is 6.61 Å². The zero-order chi connectivity index (χ0) is 13.0. The fourth-order valence-electron chi connectivity index (χ4n) is 1.64. The highest BCUT2D eigenvalue weighted by molar-refractivity contribution is 5.19. The first kappa shape index (κ1) is 12.6. The van der Waals surface area contributed by atoms with Gasteiger partial charge in [-0.2, -0.15) is 0 Å². The van der Waals surface area contributed by atoms with Crippen LogP contribution in [0.5, 0.6) is 0 Å². The Labute approximate surface area is 103 Å². The first-order chi connectivity index (χ1) is 8.70. The minimum Gasteiger partial charge on any atom is -0.396 e. The van der Waals surface area contributed by atoms with E-state index in [0.29, 0.717) is 18.5 Å². The van der Waals surface area contributed by atoms with Gasteiger partial charge in [0.05, 0.1) is 12.2 Å². The molecule has 0 unspecified atom stereocenters. The van der Waals surface area contributed by atoms with Gasteiger partial charge in [-0.15, -0.1) is 5.10 Å². The average Bonchev–Trinajstić information content (AvgIpc) is 2.79. The van der Waals surface area contributed by atoms with Gasteiger partial charge in [0, 0.05) is 18.4 Å². The Morgan fingerprint density at radius 1 is 1.22 bits per heavy atom. The van der Waals surface area contributed by atoms with Crippen LogP contribution in [0.3, 0.4) is 0 Å². The normalized spacial score (nSPS) is 10.8. The highest BCUT2D eigenvalue weighted by Crippen LogP contribution is 2.13. The third-order valence-electron chi connectivity index (χ3n) is 2.56. The fourth-order valence-corrected chi connectivity index (χ4v) is 1.64. The van der Waals surface area contributed by atoms with E-state index in [2.05, 4.69) is 10.3 Å². The summed E-state index contributed by atoms with van der Waals surface area (Å²) >= 11 is 0. The number of rotatable bonds is 5. The van der Waals surface area contributed by atoms with Crippen LogP contribution in [0.1, 0.15) is 17.7 Å². The van der Waals surface area contributed by atoms with Gasteiger partial charge in [-0.25, -0.2) is 13.5 Å². The molecule has 0 aliphatic heterocycles. The number of halogens is 2. The van der Waals surface area contributed by atoms with Gasteiger partial charge >= 0.3 is 0 Å². The first-order valence-corrected chi connectivity index (χ1v) is 5.63. The molecule has 6 heteroatoms. The Bertz CT molecular complexity index is 508. The van der Waals surface area contributed by atoms with Crippen molar-refractivity contribution < 1.29 is 13.9 Å². The summed E-state index contributed by atoms with van der Waals surface area (Å²) in [4.78, 5) is 0. The van der Waals surface area contributed by atoms with Crippen LogP contribution >= 0.6 is 0 Å². The standard InChI is InChI=1S/C12H13F2N3O/c13-11-4-1-5-12(14)10(11)8-17-7-9(15-16-17)3-2-6-18/h1,4-5,7,18H,2-3,6,8H2. The van der Waals surface area contributed by atoms with Gasteiger partial charge in [0.1, 0.15) is 11.6 Å². The van der Waals surface area contributed by atoms with E-state index in [9.17, 15) is 8.78 Å². The fraction of sp³-hybridized carbons (Fsp3) is 0.333. The number of aromatic nitrogens is 3. The van der Waals surface area contributed by atoms with Crippen LogP contribution in [-0.2, 0) is 13.0 Å². The predicted octanol–water partition coefficient (Wildman–Crippen LogP) is 1.53. The maximum absolute atomic E-state index is 13.4. The zero-order valence-electron chi connectivity index (χ0n) is 9.68. The zero-order valence-corrected chi connectivity index (χ0v) is 9.68. The molecule has 1 aromatic heterocycles. The summed E-state index contributed by atoms with van der Waals surface area (Å²) in [7, 11) is 0. The molecule has 1 heterocycles. The minimum absolute atomic E-state index is 0.00459. The van der Waals surface area contributed by atoms with Crippen LogP contribution < -0.4 is 0 Å². The number of aliphatic hydroxyl groups excluding tert-OH is 1. The molecule has 2 aromatic rings. The molecule has 0 atom stereocenters. The van der Waals surface area contributed by atoms with Crippen molar-refractivity contribution in [2.24, 2.45) is 0 Å². The second-order valence-corrected chi connectivity index (χ2v) is 3.93. The SMILES string of the molecule is OCCCc1cn(Cc2c(F)cccc2F)nn1. The van der Waals surface area contributed by atoms with E-state index in [4.69, 9.17) is 5.11 Å². The van der Waals surface area contributed by atoms with Crippen molar-refractivity contribution >= 4 is 0 Å². The highest BCUT2D eigenvalue weighted by atomic mass is 19.1. The van der Waals surface area contributed by atoms with Crippen LogP contribution in [-0.4, -0.2) is 26.7 Å². The maximum atomic E-state index is 13.4. The van der Waals surface area contributed by atoms with E-state index in [1.807, 2.05) is 0 Å². The number of aliphatic hydroxyl groups is 1. The van der Waals surface area contributed by atoms with Crippen molar-refractivity contribution in [1.29, 1.82) is 0 Å². The first-order valence-electron chi connectivity index (χ1n) is 5.63. The summed E-state index contributed by atoms with van der Waals surface area (Å²) in [5.41, 5.74) is 0.664. The molecule has 0 aliphatic carbocycles. The summed E-state index contributed by atoms with van der Waals surface area (Å²) in [5.74, 6) is -1.19. The smallest absolute Gasteiger partial charge is 0.131 e. The molecule has 0 amide bonds. The molecule has 1 N–H and O–H groups in total. The molecule has 0 aliphatic rings. The summed E-state index contributed by atoms with van der Waals surface area (Å²) in [6.07, 6.45) is 2.81. The lowest BCUT2D eigenvalue weighted by molar-refractivity contribution is 0.288. The number of benzene rings is 1. The summed E-state index contributed by atoms with van der Waals surface area (Å²) in [6, 6.07) is 3.74. The van der Waals surface area contributed by atoms with E-state index in [1.54, 1.807) is 6.20 Å². The predicted molar refractivity (Wildman–Crippen MR) is 60.9 cm³/mol. The molecule has 0 bridgehead atoms. The van der Waals surface area contributed by atoms with Crippen molar-refractivity contribution in [3.05, 3.63) is 47.3 Å². The molecular weight excluding hydrogens is 240 g/mol. The van der Waals surface area contributed by atoms with Crippen LogP contribution in [0.25, 0.3) is 0 Å². The highest BCUT2D eigenvalue weighted by Gasteiger charge is 2.10. The van der Waals surface area contributed by atoms with Gasteiger partial charge in [-0.1, -0.05) is 11.3 Å². The molecule has 0 fully saturated rings. The summed E-state index contributed by atoms with van der Waals surface area (Å²) in [5, 5.41) is 16.4. The molecule has 0 radical (unpaired) electrons. The van der Waals surface area contributed by atoms with E-state index in [0.717, 1.165) is 0 Å². The number of nitrogens with zero attached hydrogens (tertiary/aromatic N) is 3. The number of hydrogen-bond donors (Lipinski definition) is 1. The lowest BCUT2D eigenvalue weighted by atomic mass is 10.2. The van der Waals surface area contributed by atoms with Gasteiger partial charge < -0.3 is 5.11 Å². The van der Waals surface area contributed by atoms with Gasteiger partial charge in [-0.3, -0.25) is 0 Å². The topological polar surface area (TPSA) is 50.9 Å². The van der Waals surface area contributed by atoms with Crippen LogP contribution in [0.4, 0.5) is 8.78 Å². The lowest BCUT2D eigenvalue weighted by Crippen LogP contribution is -2.05. The molecule has 18 heavy (non-hydrogen) atoms. The number of hydrogen-bond acceptors (Lipinski definition) is 3. The Balaban J connectivity index is 2.11. The molecule has 0 saturated heterocycles. The quantitative estimate of drug-likeness (QED) is 0.879. The number of aryl methyl sites for hydroxylation is 1. The third-order valence-corrected chi connectivity index (χ3v) is 2.56. The molecule has 2 rings (SSSR count). The largest absolute Gasteiger partial charge is 0.396 e. The monoisotopic (exact) mass is 253 g/mol. The van der Waals surface area contributed by atoms with E-state index >= 15 is 0 Å². The Hall–Kier alpha value is -1.82. The Morgan fingerprint density at radius 2 is 1.94 bits per heavy atom. The van der Waals surface area contributed by atoms with Crippen molar-refractivity contribution in [1.82, 2.24) is 15.0 Å². The lowest BCUT2D eigenvalue weighted by Gasteiger charge is -2.03. The van der Waals surface area contributed by atoms with Gasteiger partial charge in [0.2, 0.25) is 0 Å². The Morgan fingerprint density at radius 3 is 2.61 bits per heavy atom. The van der Waals surface area contributed by atoms with Crippen molar-refractivity contribution in [3.63, 3.8) is 0 Å². The van der Waals surface area contributed by atoms with E-state index in [1.165, 1.54) is 22.9 Å². The minimum atomic E-state index is -0.595. The van der Waals surface area contributed by atoms with Crippen LogP contribution in [0, 0.1) is 11.6 Å². The van der Waals surface area contributed by atoms with Crippen LogP contribution in [0.2, 0.25) is 0 Å². The third kappa shape index (κ3) is 2.89. The van der Waals surface area contributed by atoms with Crippen LogP contribution in [0.15, 0.2) is 24.4 Å². The molecule has 4 nitrogen and oxygen atoms in total. The second kappa shape index (κ2) is 5.68. The molecule has 96 valence electrons. The van der Waals surface area contributed by atoms with Gasteiger partial charge in [-0.05, 0) is 25.0 Å². The second-order valence-electron chi connectivity index (χ2n) is 3.93. The molecular formula is C12H13F2N3O. The van der Waals surface area contributed by atoms with Gasteiger partial charge in [0.25, 0.3) is 0 Å². The van der Waals surface area contributed by atoms with E-state index in [-0.39, 0.29) is 18.7 Å². The van der Waals surface area contributed by atoms with Crippen molar-refractivity contribution in [2.45, 2.75) is 19.4 Å². The van der Waals surface area contributed by atoms with Crippen molar-refractivity contribution in [3.8, 4) is 0 Å². The summed E-state index contributed by atoms with van der Waals surface area (Å²) < 4.78 is 28.2. The maximum Gasteiger partial charge on any atom is 0.131 e. The molecule has 1 aromatic carbocycles. The molecule has 0 spiro atoms. The van der Waals surface area contributed by atoms with E-state index < -0.39 is 11.6 Å².